The van der Waals surface area contributed by atoms with Crippen molar-refractivity contribution in [2.24, 2.45) is 0 Å². The van der Waals surface area contributed by atoms with E-state index in [1.54, 1.807) is 18.2 Å². The van der Waals surface area contributed by atoms with E-state index in [1.807, 2.05) is 6.92 Å². The highest BCUT2D eigenvalue weighted by molar-refractivity contribution is 6.36. The fraction of sp³-hybridized carbons (Fsp3) is 0.417. The summed E-state index contributed by atoms with van der Waals surface area (Å²) in [4.78, 5) is 11.5. The number of nitrogens with two attached hydrogens (primary N) is 1. The molecule has 4 nitrogen and oxygen atoms in total. The van der Waals surface area contributed by atoms with Gasteiger partial charge in [-0.25, -0.2) is 0 Å². The minimum Gasteiger partial charge on any atom is -0.397 e. The Morgan fingerprint density at radius 3 is 2.94 bits per heavy atom. The summed E-state index contributed by atoms with van der Waals surface area (Å²) in [6.07, 6.45) is 1.26. The van der Waals surface area contributed by atoms with Crippen LogP contribution >= 0.6 is 11.6 Å². The van der Waals surface area contributed by atoms with Gasteiger partial charge in [-0.2, -0.15) is 0 Å². The number of hydrogen-bond acceptors (Lipinski definition) is 3. The standard InChI is InChI=1S/C12H17ClN2O2/c1-2-7-17-8-6-11(16)15-10-5-3-4-9(14)12(10)13/h3-5H,2,6-8,14H2,1H3,(H,15,16). The number of rotatable bonds is 6. The van der Waals surface area contributed by atoms with Gasteiger partial charge in [0.25, 0.3) is 0 Å². The Morgan fingerprint density at radius 2 is 2.24 bits per heavy atom. The molecule has 0 radical (unpaired) electrons. The number of hydrogen-bond donors (Lipinski definition) is 2. The monoisotopic (exact) mass is 256 g/mol. The Labute approximate surface area is 106 Å². The average Bonchev–Trinajstić information content (AvgIpc) is 2.31. The van der Waals surface area contributed by atoms with Gasteiger partial charge in [-0.1, -0.05) is 24.6 Å². The van der Waals surface area contributed by atoms with Crippen LogP contribution < -0.4 is 11.1 Å². The van der Waals surface area contributed by atoms with E-state index in [-0.39, 0.29) is 5.91 Å². The molecule has 0 aliphatic rings. The van der Waals surface area contributed by atoms with Crippen molar-refractivity contribution in [1.82, 2.24) is 0 Å². The zero-order valence-corrected chi connectivity index (χ0v) is 10.6. The van der Waals surface area contributed by atoms with Gasteiger partial charge < -0.3 is 15.8 Å². The molecule has 0 atom stereocenters. The van der Waals surface area contributed by atoms with Crippen molar-refractivity contribution < 1.29 is 9.53 Å². The first kappa shape index (κ1) is 13.8. The first-order valence-corrected chi connectivity index (χ1v) is 5.94. The maximum absolute atomic E-state index is 11.5. The van der Waals surface area contributed by atoms with Crippen molar-refractivity contribution >= 4 is 28.9 Å². The zero-order valence-electron chi connectivity index (χ0n) is 9.83. The van der Waals surface area contributed by atoms with Crippen LogP contribution in [0.4, 0.5) is 11.4 Å². The molecule has 0 aliphatic carbocycles. The molecule has 1 aromatic carbocycles. The van der Waals surface area contributed by atoms with Crippen molar-refractivity contribution in [3.8, 4) is 0 Å². The number of carbonyl (C=O) groups is 1. The summed E-state index contributed by atoms with van der Waals surface area (Å²) >= 11 is 5.95. The molecule has 94 valence electrons. The molecule has 1 amide bonds. The van der Waals surface area contributed by atoms with E-state index in [0.29, 0.717) is 36.0 Å². The Balaban J connectivity index is 2.43. The second-order valence-electron chi connectivity index (χ2n) is 3.62. The molecule has 1 rings (SSSR count). The normalized spacial score (nSPS) is 10.2. The van der Waals surface area contributed by atoms with Crippen LogP contribution in [0.25, 0.3) is 0 Å². The number of benzene rings is 1. The third-order valence-corrected chi connectivity index (χ3v) is 2.55. The van der Waals surface area contributed by atoms with Crippen LogP contribution in [0.2, 0.25) is 5.02 Å². The summed E-state index contributed by atoms with van der Waals surface area (Å²) in [6.45, 7) is 3.11. The Hall–Kier alpha value is -1.26. The van der Waals surface area contributed by atoms with Crippen molar-refractivity contribution in [3.05, 3.63) is 23.2 Å². The van der Waals surface area contributed by atoms with Crippen molar-refractivity contribution in [1.29, 1.82) is 0 Å². The number of carbonyl (C=O) groups excluding carboxylic acids is 1. The first-order valence-electron chi connectivity index (χ1n) is 5.56. The Morgan fingerprint density at radius 1 is 1.47 bits per heavy atom. The molecule has 0 aromatic heterocycles. The molecule has 0 heterocycles. The van der Waals surface area contributed by atoms with Gasteiger partial charge in [-0.05, 0) is 18.6 Å². The van der Waals surface area contributed by atoms with Crippen LogP contribution in [-0.4, -0.2) is 19.1 Å². The predicted octanol–water partition coefficient (Wildman–Crippen LogP) is 2.68. The van der Waals surface area contributed by atoms with Gasteiger partial charge in [0.1, 0.15) is 0 Å². The van der Waals surface area contributed by atoms with Crippen molar-refractivity contribution in [3.63, 3.8) is 0 Å². The maximum atomic E-state index is 11.5. The van der Waals surface area contributed by atoms with Gasteiger partial charge in [-0.3, -0.25) is 4.79 Å². The summed E-state index contributed by atoms with van der Waals surface area (Å²) in [7, 11) is 0. The van der Waals surface area contributed by atoms with E-state index in [1.165, 1.54) is 0 Å². The van der Waals surface area contributed by atoms with Crippen molar-refractivity contribution in [2.75, 3.05) is 24.3 Å². The molecular formula is C12H17ClN2O2. The average molecular weight is 257 g/mol. The number of amides is 1. The molecule has 0 saturated heterocycles. The van der Waals surface area contributed by atoms with E-state index in [4.69, 9.17) is 22.1 Å². The lowest BCUT2D eigenvalue weighted by Gasteiger charge is -2.08. The lowest BCUT2D eigenvalue weighted by atomic mass is 10.2. The Kier molecular flexibility index (Phi) is 5.80. The molecular weight excluding hydrogens is 240 g/mol. The number of ether oxygens (including phenoxy) is 1. The van der Waals surface area contributed by atoms with Gasteiger partial charge >= 0.3 is 0 Å². The third kappa shape index (κ3) is 4.63. The van der Waals surface area contributed by atoms with Crippen LogP contribution in [-0.2, 0) is 9.53 Å². The fourth-order valence-corrected chi connectivity index (χ4v) is 1.44. The fourth-order valence-electron chi connectivity index (χ4n) is 1.27. The van der Waals surface area contributed by atoms with Crippen LogP contribution in [0.1, 0.15) is 19.8 Å². The highest BCUT2D eigenvalue weighted by atomic mass is 35.5. The minimum absolute atomic E-state index is 0.131. The summed E-state index contributed by atoms with van der Waals surface area (Å²) in [5.74, 6) is -0.131. The molecule has 3 N–H and O–H groups in total. The number of nitrogen functional groups attached to an aromatic ring is 1. The summed E-state index contributed by atoms with van der Waals surface area (Å²) in [6, 6.07) is 5.14. The highest BCUT2D eigenvalue weighted by Crippen LogP contribution is 2.27. The highest BCUT2D eigenvalue weighted by Gasteiger charge is 2.07. The van der Waals surface area contributed by atoms with E-state index in [2.05, 4.69) is 5.32 Å². The topological polar surface area (TPSA) is 64.3 Å². The summed E-state index contributed by atoms with van der Waals surface area (Å²) in [5, 5.41) is 3.07. The molecule has 0 spiro atoms. The van der Waals surface area contributed by atoms with E-state index < -0.39 is 0 Å². The van der Waals surface area contributed by atoms with Gasteiger partial charge in [0, 0.05) is 6.61 Å². The molecule has 1 aromatic rings. The number of halogens is 1. The van der Waals surface area contributed by atoms with Crippen LogP contribution in [0.15, 0.2) is 18.2 Å². The smallest absolute Gasteiger partial charge is 0.226 e. The third-order valence-electron chi connectivity index (χ3n) is 2.12. The summed E-state index contributed by atoms with van der Waals surface area (Å²) < 4.78 is 5.23. The SMILES string of the molecule is CCCOCCC(=O)Nc1cccc(N)c1Cl. The molecule has 0 saturated carbocycles. The van der Waals surface area contributed by atoms with Crippen molar-refractivity contribution in [2.45, 2.75) is 19.8 Å². The summed E-state index contributed by atoms with van der Waals surface area (Å²) in [5.41, 5.74) is 6.61. The van der Waals surface area contributed by atoms with Gasteiger partial charge in [-0.15, -0.1) is 0 Å². The minimum atomic E-state index is -0.131. The van der Waals surface area contributed by atoms with E-state index in [0.717, 1.165) is 6.42 Å². The van der Waals surface area contributed by atoms with Gasteiger partial charge in [0.05, 0.1) is 29.4 Å². The van der Waals surface area contributed by atoms with E-state index in [9.17, 15) is 4.79 Å². The molecule has 5 heteroatoms. The lowest BCUT2D eigenvalue weighted by Crippen LogP contribution is -2.14. The molecule has 0 bridgehead atoms. The quantitative estimate of drug-likeness (QED) is 0.608. The second-order valence-corrected chi connectivity index (χ2v) is 4.00. The van der Waals surface area contributed by atoms with Crippen LogP contribution in [0.5, 0.6) is 0 Å². The molecule has 0 fully saturated rings. The Bertz CT molecular complexity index is 383. The predicted molar refractivity (Wildman–Crippen MR) is 70.2 cm³/mol. The van der Waals surface area contributed by atoms with Crippen LogP contribution in [0.3, 0.4) is 0 Å². The molecule has 17 heavy (non-hydrogen) atoms. The van der Waals surface area contributed by atoms with Gasteiger partial charge in [0.2, 0.25) is 5.91 Å². The number of nitrogens with one attached hydrogen (secondary N) is 1. The number of anilines is 2. The second kappa shape index (κ2) is 7.14. The lowest BCUT2D eigenvalue weighted by molar-refractivity contribution is -0.117. The largest absolute Gasteiger partial charge is 0.397 e. The maximum Gasteiger partial charge on any atom is 0.226 e. The first-order chi connectivity index (χ1) is 8.15. The molecule has 0 unspecified atom stereocenters. The van der Waals surface area contributed by atoms with E-state index >= 15 is 0 Å². The van der Waals surface area contributed by atoms with Gasteiger partial charge in [0.15, 0.2) is 0 Å². The molecule has 0 aliphatic heterocycles. The zero-order chi connectivity index (χ0) is 12.7. The van der Waals surface area contributed by atoms with Crippen LogP contribution in [0, 0.1) is 0 Å².